The maximum Gasteiger partial charge on any atom is 0.417 e. The number of rotatable bonds is 13. The molecule has 0 bridgehead atoms. The van der Waals surface area contributed by atoms with E-state index in [1.54, 1.807) is 103 Å². The molecule has 15 heteroatoms. The lowest BCUT2D eigenvalue weighted by atomic mass is 9.93. The molecule has 0 radical (unpaired) electrons. The van der Waals surface area contributed by atoms with Gasteiger partial charge in [-0.15, -0.1) is 5.10 Å². The van der Waals surface area contributed by atoms with Crippen molar-refractivity contribution in [2.24, 2.45) is 0 Å². The van der Waals surface area contributed by atoms with Gasteiger partial charge in [-0.1, -0.05) is 60.7 Å². The molecule has 11 nitrogen and oxygen atoms in total. The van der Waals surface area contributed by atoms with Crippen LogP contribution < -0.4 is 14.2 Å². The van der Waals surface area contributed by atoms with Gasteiger partial charge in [0.05, 0.1) is 33.4 Å². The van der Waals surface area contributed by atoms with E-state index < -0.39 is 26.7 Å². The van der Waals surface area contributed by atoms with Crippen LogP contribution in [0.4, 0.5) is 13.2 Å². The van der Waals surface area contributed by atoms with Crippen LogP contribution in [0.3, 0.4) is 0 Å². The van der Waals surface area contributed by atoms with Gasteiger partial charge in [0.25, 0.3) is 0 Å². The second kappa shape index (κ2) is 15.8. The largest absolute Gasteiger partial charge is 0.497 e. The Morgan fingerprint density at radius 1 is 0.696 bits per heavy atom. The third kappa shape index (κ3) is 7.76. The third-order valence-electron chi connectivity index (χ3n) is 9.31. The Labute approximate surface area is 321 Å². The number of tetrazole rings is 1. The maximum atomic E-state index is 15.4. The number of sulfonamides is 1. The van der Waals surface area contributed by atoms with Crippen molar-refractivity contribution in [3.8, 4) is 39.8 Å². The van der Waals surface area contributed by atoms with Crippen molar-refractivity contribution in [2.45, 2.75) is 30.7 Å². The zero-order chi connectivity index (χ0) is 39.5. The number of hydrogen-bond acceptors (Lipinski definition) is 9. The van der Waals surface area contributed by atoms with Crippen molar-refractivity contribution in [2.75, 3.05) is 21.3 Å². The molecule has 2 aromatic heterocycles. The van der Waals surface area contributed by atoms with E-state index in [1.165, 1.54) is 32.1 Å². The summed E-state index contributed by atoms with van der Waals surface area (Å²) in [7, 11) is -0.545. The first-order chi connectivity index (χ1) is 27.0. The molecule has 286 valence electrons. The molecular weight excluding hydrogens is 746 g/mol. The van der Waals surface area contributed by atoms with Crippen molar-refractivity contribution in [3.05, 3.63) is 144 Å². The summed E-state index contributed by atoms with van der Waals surface area (Å²) in [5.74, 6) is 1.47. The molecule has 7 rings (SSSR count). The molecule has 0 aliphatic carbocycles. The summed E-state index contributed by atoms with van der Waals surface area (Å²) in [4.78, 5) is 3.22. The minimum atomic E-state index is -5.11. The molecule has 0 N–H and O–H groups in total. The van der Waals surface area contributed by atoms with Gasteiger partial charge in [0.2, 0.25) is 10.0 Å². The van der Waals surface area contributed by atoms with E-state index in [9.17, 15) is 0 Å². The molecule has 0 aliphatic heterocycles. The van der Waals surface area contributed by atoms with E-state index in [0.29, 0.717) is 50.3 Å². The highest BCUT2D eigenvalue weighted by Crippen LogP contribution is 2.46. The van der Waals surface area contributed by atoms with Crippen LogP contribution >= 0.6 is 0 Å². The second-order valence-electron chi connectivity index (χ2n) is 12.7. The Hall–Kier alpha value is -6.32. The zero-order valence-electron chi connectivity index (χ0n) is 30.4. The molecule has 7 aromatic rings. The van der Waals surface area contributed by atoms with Crippen LogP contribution in [0.1, 0.15) is 22.3 Å². The highest BCUT2D eigenvalue weighted by atomic mass is 32.2. The number of methoxy groups -OCH3 is 3. The number of benzene rings is 5. The SMILES string of the molecule is COc1ccc(CN(Cc2ccc(OC)cc2)S(=O)(=O)c2c(C(F)(F)F)ccc(-c3cccc4cnccc34)c2-c2nnnn2Cc2ccc(OC)cc2)cc1. The monoisotopic (exact) mass is 780 g/mol. The molecule has 0 aliphatic rings. The smallest absolute Gasteiger partial charge is 0.417 e. The quantitative estimate of drug-likeness (QED) is 0.115. The van der Waals surface area contributed by atoms with Crippen LogP contribution in [0.5, 0.6) is 17.2 Å². The summed E-state index contributed by atoms with van der Waals surface area (Å²) in [6.07, 6.45) is -1.93. The first kappa shape index (κ1) is 38.0. The predicted octanol–water partition coefficient (Wildman–Crippen LogP) is 8.04. The lowest BCUT2D eigenvalue weighted by molar-refractivity contribution is -0.139. The number of nitrogens with zero attached hydrogens (tertiary/aromatic N) is 6. The Morgan fingerprint density at radius 3 is 1.82 bits per heavy atom. The van der Waals surface area contributed by atoms with Crippen LogP contribution in [0, 0.1) is 0 Å². The fourth-order valence-corrected chi connectivity index (χ4v) is 8.31. The fourth-order valence-electron chi connectivity index (χ4n) is 6.50. The molecule has 5 aromatic carbocycles. The Morgan fingerprint density at radius 2 is 1.27 bits per heavy atom. The number of pyridine rings is 1. The van der Waals surface area contributed by atoms with E-state index >= 15 is 21.6 Å². The van der Waals surface area contributed by atoms with E-state index in [0.717, 1.165) is 10.4 Å². The van der Waals surface area contributed by atoms with Crippen molar-refractivity contribution in [1.82, 2.24) is 29.5 Å². The molecule has 0 fully saturated rings. The standard InChI is InChI=1S/C41H35F3N6O5S/c1-53-31-13-7-27(8-14-31)24-49(25-28-9-15-32(54-2)16-10-28)56(51,52)39-37(41(42,43)44)20-19-36(35-6-4-5-30-23-45-22-21-34(30)35)38(39)40-46-47-48-50(40)26-29-11-17-33(55-3)18-12-29/h4-23H,24-26H2,1-3H3. The summed E-state index contributed by atoms with van der Waals surface area (Å²) in [5.41, 5.74) is 0.673. The summed E-state index contributed by atoms with van der Waals surface area (Å²) in [6.45, 7) is -0.561. The van der Waals surface area contributed by atoms with Crippen LogP contribution in [0.2, 0.25) is 0 Å². The van der Waals surface area contributed by atoms with E-state index in [2.05, 4.69) is 20.5 Å². The molecular formula is C41H35F3N6O5S. The van der Waals surface area contributed by atoms with Crippen LogP contribution in [-0.2, 0) is 35.8 Å². The molecule has 2 heterocycles. The molecule has 0 atom stereocenters. The lowest BCUT2D eigenvalue weighted by Gasteiger charge is -2.27. The van der Waals surface area contributed by atoms with Crippen LogP contribution in [-0.4, -0.2) is 59.2 Å². The minimum absolute atomic E-state index is 0.00235. The normalized spacial score (nSPS) is 11.9. The number of fused-ring (bicyclic) bond motifs is 1. The minimum Gasteiger partial charge on any atom is -0.497 e. The van der Waals surface area contributed by atoms with Crippen LogP contribution in [0.15, 0.2) is 126 Å². The lowest BCUT2D eigenvalue weighted by Crippen LogP contribution is -2.32. The molecule has 56 heavy (non-hydrogen) atoms. The fraction of sp³-hybridized carbons (Fsp3) is 0.171. The van der Waals surface area contributed by atoms with E-state index in [4.69, 9.17) is 14.2 Å². The highest BCUT2D eigenvalue weighted by molar-refractivity contribution is 7.89. The topological polar surface area (TPSA) is 122 Å². The van der Waals surface area contributed by atoms with Crippen molar-refractivity contribution in [3.63, 3.8) is 0 Å². The third-order valence-corrected chi connectivity index (χ3v) is 11.2. The number of alkyl halides is 3. The average Bonchev–Trinajstić information content (AvgIpc) is 3.67. The maximum absolute atomic E-state index is 15.4. The van der Waals surface area contributed by atoms with Gasteiger partial charge in [0.15, 0.2) is 5.82 Å². The van der Waals surface area contributed by atoms with Gasteiger partial charge in [-0.3, -0.25) is 4.98 Å². The van der Waals surface area contributed by atoms with Gasteiger partial charge in [-0.05, 0) is 92.2 Å². The molecule has 0 spiro atoms. The summed E-state index contributed by atoms with van der Waals surface area (Å²) < 4.78 is 95.3. The Kier molecular flexibility index (Phi) is 10.7. The summed E-state index contributed by atoms with van der Waals surface area (Å²) in [6, 6.07) is 29.3. The van der Waals surface area contributed by atoms with Crippen molar-refractivity contribution in [1.29, 1.82) is 0 Å². The van der Waals surface area contributed by atoms with Gasteiger partial charge in [-0.2, -0.15) is 17.5 Å². The number of aromatic nitrogens is 5. The predicted molar refractivity (Wildman–Crippen MR) is 204 cm³/mol. The first-order valence-corrected chi connectivity index (χ1v) is 18.7. The number of ether oxygens (including phenoxy) is 3. The van der Waals surface area contributed by atoms with Crippen molar-refractivity contribution >= 4 is 20.8 Å². The first-order valence-electron chi connectivity index (χ1n) is 17.2. The summed E-state index contributed by atoms with van der Waals surface area (Å²) >= 11 is 0. The van der Waals surface area contributed by atoms with E-state index in [-0.39, 0.29) is 36.6 Å². The highest BCUT2D eigenvalue weighted by Gasteiger charge is 2.43. The molecule has 0 saturated carbocycles. The van der Waals surface area contributed by atoms with Gasteiger partial charge in [-0.25, -0.2) is 13.1 Å². The van der Waals surface area contributed by atoms with Gasteiger partial charge >= 0.3 is 6.18 Å². The van der Waals surface area contributed by atoms with Gasteiger partial charge in [0.1, 0.15) is 22.1 Å². The van der Waals surface area contributed by atoms with E-state index in [1.807, 2.05) is 6.07 Å². The molecule has 0 amide bonds. The zero-order valence-corrected chi connectivity index (χ0v) is 31.3. The van der Waals surface area contributed by atoms with Crippen molar-refractivity contribution < 1.29 is 35.8 Å². The Balaban J connectivity index is 1.51. The average molecular weight is 781 g/mol. The Bertz CT molecular complexity index is 2530. The molecule has 0 saturated heterocycles. The summed E-state index contributed by atoms with van der Waals surface area (Å²) in [5, 5.41) is 13.6. The number of halogens is 3. The number of hydrogen-bond donors (Lipinski definition) is 0. The van der Waals surface area contributed by atoms with Gasteiger partial charge in [0, 0.05) is 36.4 Å². The second-order valence-corrected chi connectivity index (χ2v) is 14.6. The molecule has 0 unspecified atom stereocenters. The van der Waals surface area contributed by atoms with Gasteiger partial charge < -0.3 is 14.2 Å². The van der Waals surface area contributed by atoms with Crippen LogP contribution in [0.25, 0.3) is 33.3 Å².